The van der Waals surface area contributed by atoms with Gasteiger partial charge < -0.3 is 4.74 Å². The molecule has 1 unspecified atom stereocenters. The largest absolute Gasteiger partial charge is 0.494 e. The maximum Gasteiger partial charge on any atom is 0.185 e. The molecule has 1 saturated heterocycles. The Balaban J connectivity index is 1.31. The van der Waals surface area contributed by atoms with Gasteiger partial charge in [0.2, 0.25) is 0 Å². The van der Waals surface area contributed by atoms with Gasteiger partial charge in [0.1, 0.15) is 5.69 Å². The quantitative estimate of drug-likeness (QED) is 0.712. The second-order valence-corrected chi connectivity index (χ2v) is 7.33. The van der Waals surface area contributed by atoms with Crippen LogP contribution in [0.15, 0.2) is 24.4 Å². The molecular weight excluding hydrogens is 335 g/mol. The van der Waals surface area contributed by atoms with E-state index < -0.39 is 0 Å². The Labute approximate surface area is 151 Å². The minimum atomic E-state index is -0.352. The normalized spacial score (nSPS) is 19.2. The van der Waals surface area contributed by atoms with Crippen LogP contribution in [0, 0.1) is 11.7 Å². The van der Waals surface area contributed by atoms with E-state index in [2.05, 4.69) is 22.1 Å². The van der Waals surface area contributed by atoms with Crippen LogP contribution in [0.5, 0.6) is 5.75 Å². The van der Waals surface area contributed by atoms with E-state index in [1.807, 2.05) is 4.68 Å². The summed E-state index contributed by atoms with van der Waals surface area (Å²) in [5.41, 5.74) is 1.49. The molecule has 0 N–H and O–H groups in total. The van der Waals surface area contributed by atoms with Crippen molar-refractivity contribution in [2.75, 3.05) is 20.2 Å². The van der Waals surface area contributed by atoms with Crippen molar-refractivity contribution < 1.29 is 13.9 Å². The fourth-order valence-electron chi connectivity index (χ4n) is 3.49. The summed E-state index contributed by atoms with van der Waals surface area (Å²) in [6.45, 7) is 3.79. The first-order valence-corrected chi connectivity index (χ1v) is 9.07. The van der Waals surface area contributed by atoms with Crippen LogP contribution in [0.2, 0.25) is 0 Å². The molecule has 4 rings (SSSR count). The van der Waals surface area contributed by atoms with Gasteiger partial charge >= 0.3 is 0 Å². The van der Waals surface area contributed by atoms with Crippen molar-refractivity contribution in [1.29, 1.82) is 0 Å². The van der Waals surface area contributed by atoms with Crippen molar-refractivity contribution in [2.45, 2.75) is 38.3 Å². The molecule has 0 spiro atoms. The third-order valence-electron chi connectivity index (χ3n) is 5.38. The van der Waals surface area contributed by atoms with E-state index in [0.29, 0.717) is 24.1 Å². The summed E-state index contributed by atoms with van der Waals surface area (Å²) >= 11 is 0. The Bertz CT molecular complexity index is 812. The molecule has 2 aromatic rings. The number of carbonyl (C=O) groups is 1. The van der Waals surface area contributed by atoms with E-state index in [0.717, 1.165) is 31.5 Å². The number of halogens is 1. The molecule has 1 aromatic heterocycles. The lowest BCUT2D eigenvalue weighted by Crippen LogP contribution is -2.48. The number of methoxy groups -OCH3 is 1. The van der Waals surface area contributed by atoms with Gasteiger partial charge in [-0.2, -0.15) is 0 Å². The average molecular weight is 358 g/mol. The van der Waals surface area contributed by atoms with Crippen LogP contribution >= 0.6 is 0 Å². The second kappa shape index (κ2) is 6.79. The number of ketones is 1. The summed E-state index contributed by atoms with van der Waals surface area (Å²) in [6.07, 6.45) is 4.53. The van der Waals surface area contributed by atoms with Gasteiger partial charge in [-0.15, -0.1) is 5.10 Å². The molecular formula is C19H23FN4O2. The Hall–Kier alpha value is -2.28. The summed E-state index contributed by atoms with van der Waals surface area (Å²) in [7, 11) is 1.47. The molecule has 7 heteroatoms. The Morgan fingerprint density at radius 1 is 1.38 bits per heavy atom. The molecule has 138 valence electrons. The van der Waals surface area contributed by atoms with Crippen molar-refractivity contribution in [3.63, 3.8) is 0 Å². The minimum Gasteiger partial charge on any atom is -0.494 e. The van der Waals surface area contributed by atoms with Crippen molar-refractivity contribution >= 4 is 5.78 Å². The number of benzene rings is 1. The number of carbonyl (C=O) groups excluding carboxylic acids is 1. The maximum atomic E-state index is 13.6. The summed E-state index contributed by atoms with van der Waals surface area (Å²) in [4.78, 5) is 14.7. The molecule has 2 fully saturated rings. The first kappa shape index (κ1) is 17.1. The summed E-state index contributed by atoms with van der Waals surface area (Å²) in [5, 5.41) is 8.07. The Morgan fingerprint density at radius 3 is 2.85 bits per heavy atom. The summed E-state index contributed by atoms with van der Waals surface area (Å²) in [6, 6.07) is 5.57. The van der Waals surface area contributed by atoms with Crippen LogP contribution in [0.1, 0.15) is 54.3 Å². The smallest absolute Gasteiger partial charge is 0.185 e. The lowest BCUT2D eigenvalue weighted by molar-refractivity contribution is 0.0501. The van der Waals surface area contributed by atoms with Crippen molar-refractivity contribution in [2.24, 2.45) is 5.92 Å². The predicted molar refractivity (Wildman–Crippen MR) is 93.7 cm³/mol. The second-order valence-electron chi connectivity index (χ2n) is 7.33. The number of Topliss-reactive ketones (excluding diaryl/α,β-unsaturated/α-hetero) is 1. The highest BCUT2D eigenvalue weighted by molar-refractivity contribution is 5.94. The van der Waals surface area contributed by atoms with E-state index in [1.165, 1.54) is 13.2 Å². The lowest BCUT2D eigenvalue weighted by atomic mass is 9.90. The minimum absolute atomic E-state index is 0.0673. The fourth-order valence-corrected chi connectivity index (χ4v) is 3.49. The van der Waals surface area contributed by atoms with Crippen molar-refractivity contribution in [1.82, 2.24) is 19.9 Å². The fraction of sp³-hybridized carbons (Fsp3) is 0.526. The standard InChI is InChI=1S/C19H23FN4O2/c1-12(14-3-6-16(20)19(8-14)26-2)23-9-13(10-23)7-18(25)17-11-24(22-21-17)15-4-5-15/h3,6,8,11-13,15H,4-5,7,9-10H2,1-2H3. The van der Waals surface area contributed by atoms with Crippen LogP contribution in [0.4, 0.5) is 4.39 Å². The van der Waals surface area contributed by atoms with Gasteiger partial charge in [-0.25, -0.2) is 9.07 Å². The number of hydrogen-bond acceptors (Lipinski definition) is 5. The number of hydrogen-bond donors (Lipinski definition) is 0. The molecule has 0 amide bonds. The van der Waals surface area contributed by atoms with E-state index in [4.69, 9.17) is 4.74 Å². The first-order valence-electron chi connectivity index (χ1n) is 9.07. The van der Waals surface area contributed by atoms with Crippen LogP contribution in [0.3, 0.4) is 0 Å². The number of rotatable bonds is 7. The SMILES string of the molecule is COc1cc(C(C)N2CC(CC(=O)c3cn(C4CC4)nn3)C2)ccc1F. The Kier molecular flexibility index (Phi) is 4.48. The maximum absolute atomic E-state index is 13.6. The lowest BCUT2D eigenvalue weighted by Gasteiger charge is -2.43. The topological polar surface area (TPSA) is 60.2 Å². The molecule has 1 aromatic carbocycles. The van der Waals surface area contributed by atoms with E-state index in [-0.39, 0.29) is 23.4 Å². The number of ether oxygens (including phenoxy) is 1. The predicted octanol–water partition coefficient (Wildman–Crippen LogP) is 3.03. The van der Waals surface area contributed by atoms with E-state index in [1.54, 1.807) is 18.3 Å². The van der Waals surface area contributed by atoms with Gasteiger partial charge in [-0.1, -0.05) is 11.3 Å². The zero-order chi connectivity index (χ0) is 18.3. The van der Waals surface area contributed by atoms with Crippen molar-refractivity contribution in [3.05, 3.63) is 41.5 Å². The van der Waals surface area contributed by atoms with Crippen LogP contribution in [-0.4, -0.2) is 45.9 Å². The van der Waals surface area contributed by atoms with Gasteiger partial charge in [0.25, 0.3) is 0 Å². The number of nitrogens with zero attached hydrogens (tertiary/aromatic N) is 4. The van der Waals surface area contributed by atoms with E-state index >= 15 is 0 Å². The zero-order valence-electron chi connectivity index (χ0n) is 15.1. The van der Waals surface area contributed by atoms with Gasteiger partial charge in [-0.3, -0.25) is 9.69 Å². The molecule has 1 atom stereocenters. The molecule has 1 saturated carbocycles. The Morgan fingerprint density at radius 2 is 2.15 bits per heavy atom. The molecule has 0 bridgehead atoms. The first-order chi connectivity index (χ1) is 12.5. The highest BCUT2D eigenvalue weighted by Gasteiger charge is 2.33. The molecule has 26 heavy (non-hydrogen) atoms. The molecule has 6 nitrogen and oxygen atoms in total. The molecule has 1 aliphatic carbocycles. The third-order valence-corrected chi connectivity index (χ3v) is 5.38. The van der Waals surface area contributed by atoms with E-state index in [9.17, 15) is 9.18 Å². The summed E-state index contributed by atoms with van der Waals surface area (Å²) in [5.74, 6) is 0.311. The monoisotopic (exact) mass is 358 g/mol. The highest BCUT2D eigenvalue weighted by Crippen LogP contribution is 2.34. The van der Waals surface area contributed by atoms with Gasteiger partial charge in [0, 0.05) is 25.6 Å². The zero-order valence-corrected chi connectivity index (χ0v) is 15.1. The molecule has 0 radical (unpaired) electrons. The van der Waals surface area contributed by atoms with Gasteiger partial charge in [0.15, 0.2) is 17.3 Å². The third kappa shape index (κ3) is 3.35. The average Bonchev–Trinajstić information content (AvgIpc) is 3.34. The van der Waals surface area contributed by atoms with Crippen LogP contribution < -0.4 is 4.74 Å². The summed E-state index contributed by atoms with van der Waals surface area (Å²) < 4.78 is 20.4. The van der Waals surface area contributed by atoms with Crippen LogP contribution in [-0.2, 0) is 0 Å². The van der Waals surface area contributed by atoms with Crippen LogP contribution in [0.25, 0.3) is 0 Å². The van der Waals surface area contributed by atoms with Crippen molar-refractivity contribution in [3.8, 4) is 5.75 Å². The molecule has 2 aliphatic rings. The van der Waals surface area contributed by atoms with Gasteiger partial charge in [-0.05, 0) is 43.4 Å². The van der Waals surface area contributed by atoms with Gasteiger partial charge in [0.05, 0.1) is 19.3 Å². The number of likely N-dealkylation sites (tertiary alicyclic amines) is 1. The molecule has 2 heterocycles. The number of aromatic nitrogens is 3. The highest BCUT2D eigenvalue weighted by atomic mass is 19.1. The molecule has 1 aliphatic heterocycles.